The number of anilines is 1. The molecule has 134 valence electrons. The van der Waals surface area contributed by atoms with Crippen molar-refractivity contribution in [3.05, 3.63) is 82.4 Å². The van der Waals surface area contributed by atoms with Gasteiger partial charge in [0.1, 0.15) is 18.2 Å². The Morgan fingerprint density at radius 2 is 2.11 bits per heavy atom. The van der Waals surface area contributed by atoms with Gasteiger partial charge in [0.05, 0.1) is 22.1 Å². The van der Waals surface area contributed by atoms with Crippen LogP contribution in [-0.4, -0.2) is 16.5 Å². The van der Waals surface area contributed by atoms with E-state index < -0.39 is 4.92 Å². The van der Waals surface area contributed by atoms with E-state index >= 15 is 0 Å². The first-order chi connectivity index (χ1) is 13.1. The first kappa shape index (κ1) is 17.9. The van der Waals surface area contributed by atoms with Gasteiger partial charge in [0.25, 0.3) is 5.69 Å². The number of nitrogens with zero attached hydrogens (tertiary/aromatic N) is 3. The molecule has 0 bridgehead atoms. The summed E-state index contributed by atoms with van der Waals surface area (Å²) in [6.45, 7) is 4.49. The Bertz CT molecular complexity index is 1060. The number of hydrogen-bond acceptors (Lipinski definition) is 6. The van der Waals surface area contributed by atoms with Crippen LogP contribution in [0.4, 0.5) is 11.5 Å². The summed E-state index contributed by atoms with van der Waals surface area (Å²) in [5, 5.41) is 24.0. The van der Waals surface area contributed by atoms with Gasteiger partial charge in [-0.05, 0) is 18.2 Å². The summed E-state index contributed by atoms with van der Waals surface area (Å²) in [6, 6.07) is 15.5. The number of pyridine rings is 1. The van der Waals surface area contributed by atoms with Crippen LogP contribution in [0.25, 0.3) is 10.9 Å². The highest BCUT2D eigenvalue weighted by Gasteiger charge is 2.12. The molecule has 3 rings (SSSR count). The molecule has 3 aromatic rings. The zero-order chi connectivity index (χ0) is 19.2. The third-order valence-electron chi connectivity index (χ3n) is 3.91. The summed E-state index contributed by atoms with van der Waals surface area (Å²) in [7, 11) is 0. The Kier molecular flexibility index (Phi) is 5.28. The Balaban J connectivity index is 1.88. The molecule has 1 heterocycles. The molecule has 0 saturated carbocycles. The quantitative estimate of drug-likeness (QED) is 0.385. The standard InChI is InChI=1S/C20H16N4O3/c1-2-9-27-19-6-4-3-5-14(19)13-22-20-10-15(12-21)17-11-16(24(25)26)7-8-18(17)23-20/h2-8,10-11H,1,9,13H2,(H,22,23). The molecule has 2 aromatic carbocycles. The van der Waals surface area contributed by atoms with Crippen LogP contribution in [0.3, 0.4) is 0 Å². The molecule has 1 aromatic heterocycles. The lowest BCUT2D eigenvalue weighted by Gasteiger charge is -2.12. The topological polar surface area (TPSA) is 101 Å². The van der Waals surface area contributed by atoms with E-state index in [-0.39, 0.29) is 5.69 Å². The lowest BCUT2D eigenvalue weighted by atomic mass is 10.1. The average Bonchev–Trinajstić information content (AvgIpc) is 2.70. The Morgan fingerprint density at radius 3 is 2.85 bits per heavy atom. The van der Waals surface area contributed by atoms with Gasteiger partial charge in [0, 0.05) is 29.6 Å². The first-order valence-electron chi connectivity index (χ1n) is 8.17. The Hall–Kier alpha value is -3.92. The third-order valence-corrected chi connectivity index (χ3v) is 3.91. The highest BCUT2D eigenvalue weighted by molar-refractivity contribution is 5.88. The molecule has 0 aliphatic rings. The number of aromatic nitrogens is 1. The molecule has 1 N–H and O–H groups in total. The van der Waals surface area contributed by atoms with E-state index in [4.69, 9.17) is 4.74 Å². The van der Waals surface area contributed by atoms with E-state index in [1.807, 2.05) is 24.3 Å². The second-order valence-electron chi connectivity index (χ2n) is 5.69. The highest BCUT2D eigenvalue weighted by Crippen LogP contribution is 2.26. The number of nitro groups is 1. The van der Waals surface area contributed by atoms with Crippen molar-refractivity contribution in [2.24, 2.45) is 0 Å². The summed E-state index contributed by atoms with van der Waals surface area (Å²) in [5.74, 6) is 1.24. The van der Waals surface area contributed by atoms with Crippen LogP contribution >= 0.6 is 0 Å². The maximum atomic E-state index is 10.9. The van der Waals surface area contributed by atoms with Gasteiger partial charge in [-0.3, -0.25) is 10.1 Å². The van der Waals surface area contributed by atoms with Crippen molar-refractivity contribution >= 4 is 22.4 Å². The Labute approximate surface area is 155 Å². The molecule has 0 saturated heterocycles. The van der Waals surface area contributed by atoms with Gasteiger partial charge in [-0.25, -0.2) is 4.98 Å². The number of nitrogens with one attached hydrogen (secondary N) is 1. The van der Waals surface area contributed by atoms with E-state index in [0.717, 1.165) is 11.3 Å². The third kappa shape index (κ3) is 4.02. The van der Waals surface area contributed by atoms with Gasteiger partial charge in [0.15, 0.2) is 0 Å². The van der Waals surface area contributed by atoms with Crippen LogP contribution in [0.2, 0.25) is 0 Å². The Morgan fingerprint density at radius 1 is 1.30 bits per heavy atom. The molecule has 0 spiro atoms. The summed E-state index contributed by atoms with van der Waals surface area (Å²) >= 11 is 0. The zero-order valence-electron chi connectivity index (χ0n) is 14.4. The lowest BCUT2D eigenvalue weighted by Crippen LogP contribution is -2.05. The van der Waals surface area contributed by atoms with E-state index in [1.54, 1.807) is 18.2 Å². The predicted octanol–water partition coefficient (Wildman–Crippen LogP) is 4.19. The number of benzene rings is 2. The van der Waals surface area contributed by atoms with Crippen molar-refractivity contribution in [2.75, 3.05) is 11.9 Å². The smallest absolute Gasteiger partial charge is 0.270 e. The average molecular weight is 360 g/mol. The van der Waals surface area contributed by atoms with Crippen molar-refractivity contribution < 1.29 is 9.66 Å². The molecule has 7 heteroatoms. The van der Waals surface area contributed by atoms with Gasteiger partial charge in [-0.1, -0.05) is 30.9 Å². The van der Waals surface area contributed by atoms with Crippen LogP contribution in [0.15, 0.2) is 61.2 Å². The number of nitro benzene ring substituents is 1. The number of fused-ring (bicyclic) bond motifs is 1. The monoisotopic (exact) mass is 360 g/mol. The van der Waals surface area contributed by atoms with Crippen molar-refractivity contribution in [1.82, 2.24) is 4.98 Å². The maximum Gasteiger partial charge on any atom is 0.270 e. The molecule has 7 nitrogen and oxygen atoms in total. The summed E-state index contributed by atoms with van der Waals surface area (Å²) < 4.78 is 5.63. The fraction of sp³-hybridized carbons (Fsp3) is 0.100. The van der Waals surface area contributed by atoms with Crippen LogP contribution < -0.4 is 10.1 Å². The van der Waals surface area contributed by atoms with E-state index in [2.05, 4.69) is 22.9 Å². The van der Waals surface area contributed by atoms with Gasteiger partial charge in [-0.15, -0.1) is 0 Å². The van der Waals surface area contributed by atoms with Gasteiger partial charge in [0.2, 0.25) is 0 Å². The van der Waals surface area contributed by atoms with Crippen molar-refractivity contribution in [3.63, 3.8) is 0 Å². The largest absolute Gasteiger partial charge is 0.489 e. The molecule has 0 aliphatic heterocycles. The predicted molar refractivity (Wildman–Crippen MR) is 103 cm³/mol. The number of ether oxygens (including phenoxy) is 1. The van der Waals surface area contributed by atoms with Gasteiger partial charge < -0.3 is 10.1 Å². The molecular formula is C20H16N4O3. The number of nitriles is 1. The minimum atomic E-state index is -0.493. The SMILES string of the molecule is C=CCOc1ccccc1CNc1cc(C#N)c2cc([N+](=O)[O-])ccc2n1. The summed E-state index contributed by atoms with van der Waals surface area (Å²) in [5.41, 5.74) is 1.69. The van der Waals surface area contributed by atoms with E-state index in [1.165, 1.54) is 12.1 Å². The fourth-order valence-corrected chi connectivity index (χ4v) is 2.64. The van der Waals surface area contributed by atoms with Crippen molar-refractivity contribution in [1.29, 1.82) is 5.26 Å². The van der Waals surface area contributed by atoms with Crippen LogP contribution in [0.1, 0.15) is 11.1 Å². The van der Waals surface area contributed by atoms with Crippen molar-refractivity contribution in [2.45, 2.75) is 6.54 Å². The summed E-state index contributed by atoms with van der Waals surface area (Å²) in [4.78, 5) is 14.9. The second kappa shape index (κ2) is 7.97. The highest BCUT2D eigenvalue weighted by atomic mass is 16.6. The normalized spacial score (nSPS) is 10.2. The second-order valence-corrected chi connectivity index (χ2v) is 5.69. The number of para-hydroxylation sites is 1. The molecule has 0 unspecified atom stereocenters. The molecule has 0 radical (unpaired) electrons. The van der Waals surface area contributed by atoms with Crippen molar-refractivity contribution in [3.8, 4) is 11.8 Å². The molecule has 0 atom stereocenters. The minimum Gasteiger partial charge on any atom is -0.489 e. The van der Waals surface area contributed by atoms with E-state index in [9.17, 15) is 15.4 Å². The van der Waals surface area contributed by atoms with E-state index in [0.29, 0.717) is 35.4 Å². The number of non-ortho nitro benzene ring substituents is 1. The number of rotatable bonds is 7. The molecular weight excluding hydrogens is 344 g/mol. The van der Waals surface area contributed by atoms with Crippen LogP contribution in [0, 0.1) is 21.4 Å². The molecule has 0 amide bonds. The van der Waals surface area contributed by atoms with Crippen LogP contribution in [-0.2, 0) is 6.54 Å². The van der Waals surface area contributed by atoms with Gasteiger partial charge in [-0.2, -0.15) is 5.26 Å². The van der Waals surface area contributed by atoms with Crippen LogP contribution in [0.5, 0.6) is 5.75 Å². The minimum absolute atomic E-state index is 0.0743. The van der Waals surface area contributed by atoms with Gasteiger partial charge >= 0.3 is 0 Å². The molecule has 27 heavy (non-hydrogen) atoms. The lowest BCUT2D eigenvalue weighted by molar-refractivity contribution is -0.384. The summed E-state index contributed by atoms with van der Waals surface area (Å²) in [6.07, 6.45) is 1.67. The molecule has 0 fully saturated rings. The molecule has 0 aliphatic carbocycles. The zero-order valence-corrected chi connectivity index (χ0v) is 14.4. The fourth-order valence-electron chi connectivity index (χ4n) is 2.64. The first-order valence-corrected chi connectivity index (χ1v) is 8.17. The maximum absolute atomic E-state index is 10.9. The number of hydrogen-bond donors (Lipinski definition) is 1.